The van der Waals surface area contributed by atoms with Gasteiger partial charge in [0.1, 0.15) is 11.5 Å². The summed E-state index contributed by atoms with van der Waals surface area (Å²) in [5.41, 5.74) is 6.85. The van der Waals surface area contributed by atoms with Crippen LogP contribution in [0.1, 0.15) is 5.56 Å². The lowest BCUT2D eigenvalue weighted by atomic mass is 10.1. The molecule has 3 N–H and O–H groups in total. The first kappa shape index (κ1) is 12.8. The predicted molar refractivity (Wildman–Crippen MR) is 79.7 cm³/mol. The molecular formula is C14H10BrFN4. The molecule has 0 aliphatic heterocycles. The molecule has 3 aromatic rings. The number of nitrogens with zero attached hydrogens (tertiary/aromatic N) is 2. The zero-order chi connectivity index (χ0) is 14.3. The van der Waals surface area contributed by atoms with Crippen molar-refractivity contribution in [1.29, 1.82) is 5.41 Å². The number of halogens is 2. The summed E-state index contributed by atoms with van der Waals surface area (Å²) in [7, 11) is 0. The zero-order valence-electron chi connectivity index (χ0n) is 10.3. The summed E-state index contributed by atoms with van der Waals surface area (Å²) in [4.78, 5) is 0. The summed E-state index contributed by atoms with van der Waals surface area (Å²) >= 11 is 3.14. The molecule has 0 saturated carbocycles. The molecule has 100 valence electrons. The molecule has 2 aromatic carbocycles. The summed E-state index contributed by atoms with van der Waals surface area (Å²) in [5, 5.41) is 12.6. The maximum Gasteiger partial charge on any atom is 0.163 e. The number of hydrogen-bond donors (Lipinski definition) is 2. The maximum atomic E-state index is 14.5. The Labute approximate surface area is 122 Å². The van der Waals surface area contributed by atoms with Crippen LogP contribution in [0.15, 0.2) is 47.1 Å². The van der Waals surface area contributed by atoms with E-state index in [1.165, 1.54) is 4.68 Å². The van der Waals surface area contributed by atoms with Crippen LogP contribution in [0.5, 0.6) is 0 Å². The number of rotatable bonds is 2. The van der Waals surface area contributed by atoms with E-state index in [9.17, 15) is 4.39 Å². The molecular weight excluding hydrogens is 323 g/mol. The Bertz CT molecular complexity index is 825. The van der Waals surface area contributed by atoms with E-state index >= 15 is 0 Å². The van der Waals surface area contributed by atoms with E-state index in [0.29, 0.717) is 11.3 Å². The number of nitrogens with one attached hydrogen (secondary N) is 1. The number of para-hydroxylation sites is 1. The van der Waals surface area contributed by atoms with Gasteiger partial charge in [-0.1, -0.05) is 18.2 Å². The Morgan fingerprint density at radius 2 is 2.00 bits per heavy atom. The van der Waals surface area contributed by atoms with Crippen molar-refractivity contribution < 1.29 is 4.39 Å². The van der Waals surface area contributed by atoms with Crippen LogP contribution in [-0.4, -0.2) is 15.6 Å². The van der Waals surface area contributed by atoms with E-state index in [0.717, 1.165) is 10.9 Å². The van der Waals surface area contributed by atoms with Crippen LogP contribution in [0.4, 0.5) is 4.39 Å². The Hall–Kier alpha value is -2.21. The van der Waals surface area contributed by atoms with Gasteiger partial charge in [0.05, 0.1) is 16.2 Å². The molecule has 0 spiro atoms. The van der Waals surface area contributed by atoms with Crippen molar-refractivity contribution in [2.24, 2.45) is 5.73 Å². The van der Waals surface area contributed by atoms with Crippen molar-refractivity contribution in [3.63, 3.8) is 0 Å². The van der Waals surface area contributed by atoms with Gasteiger partial charge in [0.15, 0.2) is 5.82 Å². The number of benzene rings is 2. The van der Waals surface area contributed by atoms with E-state index in [2.05, 4.69) is 21.0 Å². The van der Waals surface area contributed by atoms with Gasteiger partial charge in [-0.25, -0.2) is 9.07 Å². The third-order valence-corrected chi connectivity index (χ3v) is 3.83. The lowest BCUT2D eigenvalue weighted by molar-refractivity contribution is 0.606. The van der Waals surface area contributed by atoms with E-state index in [-0.39, 0.29) is 10.3 Å². The number of nitrogens with two attached hydrogens (primary N) is 1. The van der Waals surface area contributed by atoms with Gasteiger partial charge < -0.3 is 5.73 Å². The molecule has 1 heterocycles. The van der Waals surface area contributed by atoms with E-state index in [1.54, 1.807) is 18.3 Å². The average Bonchev–Trinajstić information content (AvgIpc) is 2.85. The molecule has 0 saturated heterocycles. The SMILES string of the molecule is N=C(N)c1ccc(-n2ncc3ccccc32)c(F)c1Br. The Morgan fingerprint density at radius 1 is 1.25 bits per heavy atom. The fraction of sp³-hybridized carbons (Fsp3) is 0. The molecule has 0 aliphatic carbocycles. The minimum Gasteiger partial charge on any atom is -0.384 e. The van der Waals surface area contributed by atoms with Gasteiger partial charge >= 0.3 is 0 Å². The molecule has 6 heteroatoms. The van der Waals surface area contributed by atoms with Crippen molar-refractivity contribution in [3.8, 4) is 5.69 Å². The largest absolute Gasteiger partial charge is 0.384 e. The molecule has 0 aliphatic rings. The fourth-order valence-electron chi connectivity index (χ4n) is 2.07. The molecule has 0 bridgehead atoms. The first-order valence-corrected chi connectivity index (χ1v) is 6.64. The van der Waals surface area contributed by atoms with Crippen molar-refractivity contribution in [3.05, 3.63) is 58.4 Å². The topological polar surface area (TPSA) is 67.7 Å². The molecule has 0 fully saturated rings. The number of amidine groups is 1. The predicted octanol–water partition coefficient (Wildman–Crippen LogP) is 3.21. The van der Waals surface area contributed by atoms with Crippen LogP contribution in [0.3, 0.4) is 0 Å². The lowest BCUT2D eigenvalue weighted by Crippen LogP contribution is -2.13. The van der Waals surface area contributed by atoms with Crippen LogP contribution in [-0.2, 0) is 0 Å². The summed E-state index contributed by atoms with van der Waals surface area (Å²) in [6.45, 7) is 0. The molecule has 0 radical (unpaired) electrons. The highest BCUT2D eigenvalue weighted by Gasteiger charge is 2.16. The molecule has 0 amide bonds. The monoisotopic (exact) mass is 332 g/mol. The lowest BCUT2D eigenvalue weighted by Gasteiger charge is -2.09. The summed E-state index contributed by atoms with van der Waals surface area (Å²) in [6, 6.07) is 10.7. The van der Waals surface area contributed by atoms with E-state index in [1.807, 2.05) is 24.3 Å². The summed E-state index contributed by atoms with van der Waals surface area (Å²) < 4.78 is 16.1. The minimum atomic E-state index is -0.494. The summed E-state index contributed by atoms with van der Waals surface area (Å²) in [5.74, 6) is -0.681. The highest BCUT2D eigenvalue weighted by atomic mass is 79.9. The maximum absolute atomic E-state index is 14.5. The first-order valence-electron chi connectivity index (χ1n) is 5.85. The van der Waals surface area contributed by atoms with Gasteiger partial charge in [-0.05, 0) is 34.1 Å². The molecule has 0 unspecified atom stereocenters. The van der Waals surface area contributed by atoms with Gasteiger partial charge in [0, 0.05) is 10.9 Å². The van der Waals surface area contributed by atoms with Gasteiger partial charge in [-0.15, -0.1) is 0 Å². The molecule has 0 atom stereocenters. The first-order chi connectivity index (χ1) is 9.59. The second kappa shape index (κ2) is 4.72. The number of aromatic nitrogens is 2. The zero-order valence-corrected chi connectivity index (χ0v) is 11.9. The van der Waals surface area contributed by atoms with Crippen LogP contribution in [0, 0.1) is 11.2 Å². The number of nitrogen functional groups attached to an aromatic ring is 1. The third-order valence-electron chi connectivity index (χ3n) is 3.06. The van der Waals surface area contributed by atoms with Crippen molar-refractivity contribution in [2.45, 2.75) is 0 Å². The van der Waals surface area contributed by atoms with Crippen molar-refractivity contribution >= 4 is 32.7 Å². The van der Waals surface area contributed by atoms with Gasteiger partial charge in [0.2, 0.25) is 0 Å². The van der Waals surface area contributed by atoms with Gasteiger partial charge in [0.25, 0.3) is 0 Å². The van der Waals surface area contributed by atoms with Crippen LogP contribution in [0.25, 0.3) is 16.6 Å². The second-order valence-corrected chi connectivity index (χ2v) is 5.08. The van der Waals surface area contributed by atoms with Crippen molar-refractivity contribution in [2.75, 3.05) is 0 Å². The third kappa shape index (κ3) is 1.89. The highest BCUT2D eigenvalue weighted by molar-refractivity contribution is 9.10. The van der Waals surface area contributed by atoms with Crippen molar-refractivity contribution in [1.82, 2.24) is 9.78 Å². The Kier molecular flexibility index (Phi) is 3.02. The Balaban J connectivity index is 2.25. The molecule has 1 aromatic heterocycles. The van der Waals surface area contributed by atoms with E-state index in [4.69, 9.17) is 11.1 Å². The van der Waals surface area contributed by atoms with Crippen LogP contribution >= 0.6 is 15.9 Å². The second-order valence-electron chi connectivity index (χ2n) is 4.29. The number of fused-ring (bicyclic) bond motifs is 1. The van der Waals surface area contributed by atoms with Gasteiger partial charge in [-0.2, -0.15) is 5.10 Å². The fourth-order valence-corrected chi connectivity index (χ4v) is 2.62. The van der Waals surface area contributed by atoms with Gasteiger partial charge in [-0.3, -0.25) is 5.41 Å². The van der Waals surface area contributed by atoms with Crippen LogP contribution in [0.2, 0.25) is 0 Å². The average molecular weight is 333 g/mol. The molecule has 4 nitrogen and oxygen atoms in total. The normalized spacial score (nSPS) is 10.9. The molecule has 20 heavy (non-hydrogen) atoms. The smallest absolute Gasteiger partial charge is 0.163 e. The molecule has 3 rings (SSSR count). The van der Waals surface area contributed by atoms with E-state index < -0.39 is 5.82 Å². The van der Waals surface area contributed by atoms with Crippen LogP contribution < -0.4 is 5.73 Å². The standard InChI is InChI=1S/C14H10BrFN4/c15-12-9(14(17)18)5-6-11(13(12)16)20-10-4-2-1-3-8(10)7-19-20/h1-7H,(H3,17,18). The summed E-state index contributed by atoms with van der Waals surface area (Å²) in [6.07, 6.45) is 1.68. The number of hydrogen-bond acceptors (Lipinski definition) is 2. The highest BCUT2D eigenvalue weighted by Crippen LogP contribution is 2.27. The quantitative estimate of drug-likeness (QED) is 0.559. The Morgan fingerprint density at radius 3 is 2.75 bits per heavy atom. The minimum absolute atomic E-state index is 0.169.